The Morgan fingerprint density at radius 3 is 2.54 bits per heavy atom. The number of fused-ring (bicyclic) bond motifs is 1. The third-order valence-corrected chi connectivity index (χ3v) is 6.71. The molecule has 2 amide bonds. The Bertz CT molecular complexity index is 1410. The van der Waals surface area contributed by atoms with Crippen molar-refractivity contribution in [2.75, 3.05) is 5.32 Å². The van der Waals surface area contributed by atoms with Crippen LogP contribution in [0.2, 0.25) is 5.02 Å². The Balaban J connectivity index is 1.31. The van der Waals surface area contributed by atoms with Gasteiger partial charge in [-0.05, 0) is 72.4 Å². The third kappa shape index (κ3) is 7.66. The summed E-state index contributed by atoms with van der Waals surface area (Å²) in [6.45, 7) is 8.71. The number of halogens is 1. The Morgan fingerprint density at radius 2 is 1.82 bits per heavy atom. The van der Waals surface area contributed by atoms with Gasteiger partial charge in [-0.3, -0.25) is 4.79 Å². The van der Waals surface area contributed by atoms with Crippen LogP contribution in [0.4, 0.5) is 10.7 Å². The van der Waals surface area contributed by atoms with Crippen molar-refractivity contribution < 1.29 is 14.3 Å². The second-order valence-electron chi connectivity index (χ2n) is 10.9. The van der Waals surface area contributed by atoms with Gasteiger partial charge in [-0.25, -0.2) is 14.8 Å². The van der Waals surface area contributed by atoms with Gasteiger partial charge >= 0.3 is 6.09 Å². The molecule has 39 heavy (non-hydrogen) atoms. The fraction of sp³-hybridized carbons (Fsp3) is 0.414. The van der Waals surface area contributed by atoms with Crippen LogP contribution in [0.15, 0.2) is 53.3 Å². The molecule has 0 atom stereocenters. The van der Waals surface area contributed by atoms with E-state index in [0.29, 0.717) is 27.9 Å². The second kappa shape index (κ2) is 12.0. The van der Waals surface area contributed by atoms with E-state index in [4.69, 9.17) is 21.3 Å². The van der Waals surface area contributed by atoms with Gasteiger partial charge in [0.1, 0.15) is 5.60 Å². The molecule has 1 saturated carbocycles. The molecule has 3 aromatic rings. The molecule has 2 aromatic heterocycles. The summed E-state index contributed by atoms with van der Waals surface area (Å²) < 4.78 is 5.19. The van der Waals surface area contributed by atoms with Crippen LogP contribution in [0.3, 0.4) is 0 Å². The van der Waals surface area contributed by atoms with Crippen molar-refractivity contribution in [3.05, 3.63) is 53.3 Å². The summed E-state index contributed by atoms with van der Waals surface area (Å²) in [4.78, 5) is 40.9. The summed E-state index contributed by atoms with van der Waals surface area (Å²) >= 11 is 6.46. The number of carbonyl (C=O) groups excluding carboxylic acids is 2. The van der Waals surface area contributed by atoms with Crippen LogP contribution in [-0.4, -0.2) is 50.3 Å². The summed E-state index contributed by atoms with van der Waals surface area (Å²) in [5.74, 6) is 0.361. The highest BCUT2D eigenvalue weighted by molar-refractivity contribution is 6.33. The van der Waals surface area contributed by atoms with Crippen molar-refractivity contribution in [1.82, 2.24) is 20.3 Å². The molecule has 10 heteroatoms. The zero-order valence-electron chi connectivity index (χ0n) is 23.0. The molecule has 0 unspecified atom stereocenters. The highest BCUT2D eigenvalue weighted by Crippen LogP contribution is 2.32. The minimum atomic E-state index is -0.673. The van der Waals surface area contributed by atoms with Gasteiger partial charge in [-0.15, -0.1) is 0 Å². The number of hydrogen-bond donors (Lipinski definition) is 3. The number of carbonyl (C=O) groups is 2. The topological polar surface area (TPSA) is 121 Å². The normalized spacial score (nSPS) is 18.6. The third-order valence-electron chi connectivity index (χ3n) is 6.43. The molecule has 0 radical (unpaired) electrons. The van der Waals surface area contributed by atoms with Crippen molar-refractivity contribution in [1.29, 1.82) is 0 Å². The summed E-state index contributed by atoms with van der Waals surface area (Å²) in [5.41, 5.74) is 2.92. The van der Waals surface area contributed by atoms with Crippen LogP contribution in [0.5, 0.6) is 0 Å². The van der Waals surface area contributed by atoms with Crippen molar-refractivity contribution in [3.63, 3.8) is 0 Å². The number of para-hydroxylation sites is 1. The predicted octanol–water partition coefficient (Wildman–Crippen LogP) is 6.46. The standard InChI is InChI=1S/C29H35ClN6O3/c1-17(14-18(2)33-28(38)39-29(3,4)5)26(37)34-19-10-12-20(13-11-19)35-27-32-16-23(30)25(36-27)22-15-31-24-9-7-6-8-21(22)24/h6-9,14-16,19-20,31H,10-13H2,1-5H3,(H,34,37)(H,32,35,36)/b17-14+,33-18?. The molecule has 1 aliphatic carbocycles. The number of aromatic nitrogens is 3. The average Bonchev–Trinajstić information content (AvgIpc) is 3.29. The highest BCUT2D eigenvalue weighted by Gasteiger charge is 2.24. The minimum absolute atomic E-state index is 0.0647. The fourth-order valence-corrected chi connectivity index (χ4v) is 4.79. The second-order valence-corrected chi connectivity index (χ2v) is 11.3. The first-order valence-electron chi connectivity index (χ1n) is 13.1. The first-order valence-corrected chi connectivity index (χ1v) is 13.5. The number of nitrogens with one attached hydrogen (secondary N) is 3. The number of aromatic amines is 1. The molecule has 2 heterocycles. The van der Waals surface area contributed by atoms with Crippen LogP contribution in [0.25, 0.3) is 22.2 Å². The number of rotatable bonds is 6. The molecule has 0 aliphatic heterocycles. The van der Waals surface area contributed by atoms with E-state index in [-0.39, 0.29) is 18.0 Å². The van der Waals surface area contributed by atoms with Crippen molar-refractivity contribution in [3.8, 4) is 11.3 Å². The summed E-state index contributed by atoms with van der Waals surface area (Å²) in [5, 5.41) is 8.08. The lowest BCUT2D eigenvalue weighted by atomic mass is 9.91. The maximum Gasteiger partial charge on any atom is 0.434 e. The zero-order chi connectivity index (χ0) is 28.2. The lowest BCUT2D eigenvalue weighted by molar-refractivity contribution is -0.118. The van der Waals surface area contributed by atoms with E-state index in [1.54, 1.807) is 46.9 Å². The van der Waals surface area contributed by atoms with Gasteiger partial charge < -0.3 is 20.4 Å². The van der Waals surface area contributed by atoms with E-state index in [0.717, 1.165) is 42.1 Å². The Labute approximate surface area is 233 Å². The Hall–Kier alpha value is -3.72. The van der Waals surface area contributed by atoms with E-state index in [1.807, 2.05) is 30.5 Å². The number of benzene rings is 1. The van der Waals surface area contributed by atoms with Gasteiger partial charge in [0.2, 0.25) is 11.9 Å². The van der Waals surface area contributed by atoms with Crippen LogP contribution in [-0.2, 0) is 9.53 Å². The maximum absolute atomic E-state index is 12.7. The number of nitrogens with zero attached hydrogens (tertiary/aromatic N) is 3. The summed E-state index contributed by atoms with van der Waals surface area (Å²) in [6, 6.07) is 8.27. The molecule has 0 saturated heterocycles. The SMILES string of the molecule is CC(/C=C(\C)C(=O)NC1CCC(Nc2ncc(Cl)c(-c3c[nH]c4ccccc34)n2)CC1)=NC(=O)OC(C)(C)C. The minimum Gasteiger partial charge on any atom is -0.442 e. The first-order chi connectivity index (χ1) is 18.5. The zero-order valence-corrected chi connectivity index (χ0v) is 23.7. The number of ether oxygens (including phenoxy) is 1. The van der Waals surface area contributed by atoms with Crippen LogP contribution >= 0.6 is 11.6 Å². The highest BCUT2D eigenvalue weighted by atomic mass is 35.5. The molecule has 0 spiro atoms. The molecule has 206 valence electrons. The Morgan fingerprint density at radius 1 is 1.13 bits per heavy atom. The van der Waals surface area contributed by atoms with Gasteiger partial charge in [0, 0.05) is 46.0 Å². The van der Waals surface area contributed by atoms with Crippen LogP contribution in [0.1, 0.15) is 60.3 Å². The van der Waals surface area contributed by atoms with Gasteiger partial charge in [0.15, 0.2) is 0 Å². The molecular weight excluding hydrogens is 516 g/mol. The van der Waals surface area contributed by atoms with Crippen molar-refractivity contribution in [2.45, 2.75) is 78.0 Å². The lowest BCUT2D eigenvalue weighted by Crippen LogP contribution is -2.40. The molecule has 9 nitrogen and oxygen atoms in total. The summed E-state index contributed by atoms with van der Waals surface area (Å²) in [7, 11) is 0. The van der Waals surface area contributed by atoms with Gasteiger partial charge in [-0.1, -0.05) is 29.8 Å². The largest absolute Gasteiger partial charge is 0.442 e. The molecule has 1 aliphatic rings. The molecule has 4 rings (SSSR count). The molecule has 1 aromatic carbocycles. The monoisotopic (exact) mass is 550 g/mol. The molecule has 3 N–H and O–H groups in total. The molecular formula is C29H35ClN6O3. The van der Waals surface area contributed by atoms with E-state index in [9.17, 15) is 9.59 Å². The van der Waals surface area contributed by atoms with E-state index >= 15 is 0 Å². The number of amides is 2. The van der Waals surface area contributed by atoms with Gasteiger partial charge in [0.05, 0.1) is 16.9 Å². The number of allylic oxidation sites excluding steroid dienone is 1. The smallest absolute Gasteiger partial charge is 0.434 e. The number of H-pyrrole nitrogens is 1. The van der Waals surface area contributed by atoms with Crippen LogP contribution in [0, 0.1) is 0 Å². The maximum atomic E-state index is 12.7. The van der Waals surface area contributed by atoms with E-state index in [2.05, 4.69) is 25.6 Å². The van der Waals surface area contributed by atoms with Gasteiger partial charge in [0.25, 0.3) is 0 Å². The van der Waals surface area contributed by atoms with Crippen molar-refractivity contribution >= 4 is 46.2 Å². The van der Waals surface area contributed by atoms with Gasteiger partial charge in [-0.2, -0.15) is 4.99 Å². The molecule has 1 fully saturated rings. The first kappa shape index (κ1) is 28.3. The van der Waals surface area contributed by atoms with E-state index in [1.165, 1.54) is 0 Å². The van der Waals surface area contributed by atoms with Crippen LogP contribution < -0.4 is 10.6 Å². The predicted molar refractivity (Wildman–Crippen MR) is 155 cm³/mol. The Kier molecular flexibility index (Phi) is 8.70. The lowest BCUT2D eigenvalue weighted by Gasteiger charge is -2.29. The number of anilines is 1. The quantitative estimate of drug-likeness (QED) is 0.239. The average molecular weight is 551 g/mol. The fourth-order valence-electron chi connectivity index (χ4n) is 4.60. The number of aliphatic imine (C=N–C) groups is 1. The van der Waals surface area contributed by atoms with Crippen molar-refractivity contribution in [2.24, 2.45) is 4.99 Å². The van der Waals surface area contributed by atoms with E-state index < -0.39 is 11.7 Å². The summed E-state index contributed by atoms with van der Waals surface area (Å²) in [6.07, 6.45) is 7.84. The molecule has 0 bridgehead atoms. The number of hydrogen-bond acceptors (Lipinski definition) is 6.